The van der Waals surface area contributed by atoms with Crippen molar-refractivity contribution in [2.45, 2.75) is 40.0 Å². The Kier molecular flexibility index (Phi) is 3.94. The number of carboxylic acid groups (broad SMARTS) is 1. The van der Waals surface area contributed by atoms with Crippen LogP contribution in [0.1, 0.15) is 40.0 Å². The van der Waals surface area contributed by atoms with Crippen molar-refractivity contribution in [3.05, 3.63) is 0 Å². The maximum Gasteiger partial charge on any atom is 0.306 e. The molecule has 16 heavy (non-hydrogen) atoms. The number of carboxylic acids is 1. The minimum absolute atomic E-state index is 0.152. The number of amides is 1. The second kappa shape index (κ2) is 4.85. The van der Waals surface area contributed by atoms with Crippen molar-refractivity contribution in [2.75, 3.05) is 13.1 Å². The summed E-state index contributed by atoms with van der Waals surface area (Å²) in [5, 5.41) is 8.87. The standard InChI is InChI=1S/C12H21NO3/c1-4-12(2,3)11(16)13-7-5-9(6-8-13)10(14)15/h9H,4-8H2,1-3H3,(H,14,15). The minimum atomic E-state index is -0.734. The molecule has 1 amide bonds. The van der Waals surface area contributed by atoms with Crippen LogP contribution >= 0.6 is 0 Å². The predicted molar refractivity (Wildman–Crippen MR) is 61.0 cm³/mol. The number of carbonyl (C=O) groups is 2. The van der Waals surface area contributed by atoms with Gasteiger partial charge >= 0.3 is 5.97 Å². The lowest BCUT2D eigenvalue weighted by Gasteiger charge is -2.35. The molecule has 1 heterocycles. The summed E-state index contributed by atoms with van der Waals surface area (Å²) >= 11 is 0. The van der Waals surface area contributed by atoms with Crippen LogP contribution < -0.4 is 0 Å². The van der Waals surface area contributed by atoms with Crippen molar-refractivity contribution in [3.63, 3.8) is 0 Å². The first kappa shape index (κ1) is 13.0. The van der Waals surface area contributed by atoms with Crippen molar-refractivity contribution in [3.8, 4) is 0 Å². The van der Waals surface area contributed by atoms with E-state index in [0.717, 1.165) is 6.42 Å². The number of nitrogens with zero attached hydrogens (tertiary/aromatic N) is 1. The van der Waals surface area contributed by atoms with Crippen LogP contribution in [0.3, 0.4) is 0 Å². The molecule has 0 aliphatic carbocycles. The zero-order chi connectivity index (χ0) is 12.3. The number of likely N-dealkylation sites (tertiary alicyclic amines) is 1. The highest BCUT2D eigenvalue weighted by Gasteiger charge is 2.33. The average Bonchev–Trinajstić information content (AvgIpc) is 2.28. The lowest BCUT2D eigenvalue weighted by Crippen LogP contribution is -2.45. The van der Waals surface area contributed by atoms with Crippen molar-refractivity contribution < 1.29 is 14.7 Å². The van der Waals surface area contributed by atoms with Gasteiger partial charge < -0.3 is 10.0 Å². The van der Waals surface area contributed by atoms with E-state index >= 15 is 0 Å². The number of hydrogen-bond acceptors (Lipinski definition) is 2. The van der Waals surface area contributed by atoms with E-state index in [-0.39, 0.29) is 17.2 Å². The highest BCUT2D eigenvalue weighted by atomic mass is 16.4. The zero-order valence-corrected chi connectivity index (χ0v) is 10.3. The van der Waals surface area contributed by atoms with Crippen LogP contribution in [0.25, 0.3) is 0 Å². The van der Waals surface area contributed by atoms with Gasteiger partial charge in [-0.15, -0.1) is 0 Å². The molecule has 0 saturated carbocycles. The van der Waals surface area contributed by atoms with Gasteiger partial charge in [-0.25, -0.2) is 0 Å². The number of rotatable bonds is 3. The van der Waals surface area contributed by atoms with Gasteiger partial charge in [-0.2, -0.15) is 0 Å². The molecule has 1 saturated heterocycles. The summed E-state index contributed by atoms with van der Waals surface area (Å²) < 4.78 is 0. The molecular weight excluding hydrogens is 206 g/mol. The first-order valence-corrected chi connectivity index (χ1v) is 5.90. The molecule has 1 aliphatic heterocycles. The van der Waals surface area contributed by atoms with Crippen LogP contribution in [-0.2, 0) is 9.59 Å². The van der Waals surface area contributed by atoms with Gasteiger partial charge in [-0.05, 0) is 19.3 Å². The van der Waals surface area contributed by atoms with Crippen LogP contribution in [-0.4, -0.2) is 35.0 Å². The maximum absolute atomic E-state index is 12.1. The highest BCUT2D eigenvalue weighted by molar-refractivity contribution is 5.82. The number of piperidine rings is 1. The molecule has 1 fully saturated rings. The van der Waals surface area contributed by atoms with Gasteiger partial charge in [-0.1, -0.05) is 20.8 Å². The Morgan fingerprint density at radius 1 is 1.31 bits per heavy atom. The minimum Gasteiger partial charge on any atom is -0.481 e. The molecule has 4 nitrogen and oxygen atoms in total. The molecule has 92 valence electrons. The van der Waals surface area contributed by atoms with Crippen molar-refractivity contribution in [2.24, 2.45) is 11.3 Å². The van der Waals surface area contributed by atoms with Gasteiger partial charge in [0.2, 0.25) is 5.91 Å². The molecule has 0 unspecified atom stereocenters. The number of aliphatic carboxylic acids is 1. The monoisotopic (exact) mass is 227 g/mol. The third-order valence-corrected chi connectivity index (χ3v) is 3.59. The Labute approximate surface area is 96.6 Å². The molecule has 0 spiro atoms. The summed E-state index contributed by atoms with van der Waals surface area (Å²) in [5.74, 6) is -0.852. The fraction of sp³-hybridized carbons (Fsp3) is 0.833. The molecule has 0 radical (unpaired) electrons. The van der Waals surface area contributed by atoms with Crippen LogP contribution in [0.2, 0.25) is 0 Å². The Balaban J connectivity index is 2.54. The fourth-order valence-corrected chi connectivity index (χ4v) is 1.91. The van der Waals surface area contributed by atoms with Crippen LogP contribution in [0.4, 0.5) is 0 Å². The highest BCUT2D eigenvalue weighted by Crippen LogP contribution is 2.26. The molecule has 4 heteroatoms. The third-order valence-electron chi connectivity index (χ3n) is 3.59. The molecule has 0 bridgehead atoms. The summed E-state index contributed by atoms with van der Waals surface area (Å²) in [6, 6.07) is 0. The quantitative estimate of drug-likeness (QED) is 0.799. The molecule has 1 rings (SSSR count). The first-order chi connectivity index (χ1) is 7.38. The second-order valence-corrected chi connectivity index (χ2v) is 5.14. The van der Waals surface area contributed by atoms with E-state index < -0.39 is 5.97 Å². The van der Waals surface area contributed by atoms with Gasteiger partial charge in [-0.3, -0.25) is 9.59 Å². The smallest absolute Gasteiger partial charge is 0.306 e. The first-order valence-electron chi connectivity index (χ1n) is 5.90. The molecule has 0 aromatic rings. The molecule has 1 aliphatic rings. The normalized spacial score (nSPS) is 18.6. The largest absolute Gasteiger partial charge is 0.481 e. The van der Waals surface area contributed by atoms with E-state index in [9.17, 15) is 9.59 Å². The van der Waals surface area contributed by atoms with E-state index in [1.165, 1.54) is 0 Å². The van der Waals surface area contributed by atoms with Gasteiger partial charge in [0.05, 0.1) is 5.92 Å². The average molecular weight is 227 g/mol. The lowest BCUT2D eigenvalue weighted by atomic mass is 9.87. The maximum atomic E-state index is 12.1. The van der Waals surface area contributed by atoms with Crippen molar-refractivity contribution >= 4 is 11.9 Å². The van der Waals surface area contributed by atoms with E-state index in [1.807, 2.05) is 25.7 Å². The third kappa shape index (κ3) is 2.74. The van der Waals surface area contributed by atoms with Gasteiger partial charge in [0.1, 0.15) is 0 Å². The fourth-order valence-electron chi connectivity index (χ4n) is 1.91. The van der Waals surface area contributed by atoms with Crippen LogP contribution in [0.15, 0.2) is 0 Å². The summed E-state index contributed by atoms with van der Waals surface area (Å²) in [6.07, 6.45) is 1.98. The summed E-state index contributed by atoms with van der Waals surface area (Å²) in [4.78, 5) is 24.7. The van der Waals surface area contributed by atoms with E-state index in [0.29, 0.717) is 25.9 Å². The van der Waals surface area contributed by atoms with Gasteiger partial charge in [0.25, 0.3) is 0 Å². The summed E-state index contributed by atoms with van der Waals surface area (Å²) in [7, 11) is 0. The molecule has 0 aromatic heterocycles. The molecule has 0 atom stereocenters. The van der Waals surface area contributed by atoms with E-state index in [1.54, 1.807) is 0 Å². The van der Waals surface area contributed by atoms with E-state index in [2.05, 4.69) is 0 Å². The zero-order valence-electron chi connectivity index (χ0n) is 10.3. The Hall–Kier alpha value is -1.06. The molecular formula is C12H21NO3. The Morgan fingerprint density at radius 3 is 2.19 bits per heavy atom. The number of hydrogen-bond donors (Lipinski definition) is 1. The number of carbonyl (C=O) groups excluding carboxylic acids is 1. The van der Waals surface area contributed by atoms with Gasteiger partial charge in [0, 0.05) is 18.5 Å². The lowest BCUT2D eigenvalue weighted by molar-refractivity contribution is -0.148. The van der Waals surface area contributed by atoms with Crippen molar-refractivity contribution in [1.82, 2.24) is 4.90 Å². The molecule has 0 aromatic carbocycles. The predicted octanol–water partition coefficient (Wildman–Crippen LogP) is 1.75. The van der Waals surface area contributed by atoms with Crippen LogP contribution in [0, 0.1) is 11.3 Å². The summed E-state index contributed by atoms with van der Waals surface area (Å²) in [5.41, 5.74) is -0.323. The Morgan fingerprint density at radius 2 is 1.81 bits per heavy atom. The topological polar surface area (TPSA) is 57.6 Å². The van der Waals surface area contributed by atoms with Crippen molar-refractivity contribution in [1.29, 1.82) is 0 Å². The second-order valence-electron chi connectivity index (χ2n) is 5.14. The Bertz CT molecular complexity index is 278. The summed E-state index contributed by atoms with van der Waals surface area (Å²) in [6.45, 7) is 7.05. The van der Waals surface area contributed by atoms with E-state index in [4.69, 9.17) is 5.11 Å². The molecule has 1 N–H and O–H groups in total. The van der Waals surface area contributed by atoms with Gasteiger partial charge in [0.15, 0.2) is 0 Å². The SMILES string of the molecule is CCC(C)(C)C(=O)N1CCC(C(=O)O)CC1. The van der Waals surface area contributed by atoms with Crippen LogP contribution in [0.5, 0.6) is 0 Å².